The molecule has 0 aromatic carbocycles. The Morgan fingerprint density at radius 1 is 1.75 bits per heavy atom. The second-order valence-electron chi connectivity index (χ2n) is 1.61. The van der Waals surface area contributed by atoms with Gasteiger partial charge in [0.1, 0.15) is 11.6 Å². The molecule has 0 unspecified atom stereocenters. The maximum atomic E-state index is 12.0. The van der Waals surface area contributed by atoms with Gasteiger partial charge >= 0.3 is 0 Å². The highest BCUT2D eigenvalue weighted by Crippen LogP contribution is 2.01. The van der Waals surface area contributed by atoms with E-state index in [0.717, 1.165) is 0 Å². The zero-order chi connectivity index (χ0) is 6.57. The first-order chi connectivity index (χ1) is 3.66. The van der Waals surface area contributed by atoms with Gasteiger partial charge in [-0.15, -0.1) is 0 Å². The van der Waals surface area contributed by atoms with Crippen LogP contribution in [0.4, 0.5) is 4.39 Å². The lowest BCUT2D eigenvalue weighted by molar-refractivity contribution is -0.116. The number of hydrogen-bond acceptors (Lipinski definition) is 1. The minimum absolute atomic E-state index is 0.0590. The molecule has 0 atom stereocenters. The monoisotopic (exact) mass is 116 g/mol. The summed E-state index contributed by atoms with van der Waals surface area (Å²) >= 11 is 0. The molecular formula is C6H9FO. The maximum absolute atomic E-state index is 12.0. The van der Waals surface area contributed by atoms with E-state index in [1.54, 1.807) is 6.92 Å². The van der Waals surface area contributed by atoms with Crippen LogP contribution >= 0.6 is 0 Å². The van der Waals surface area contributed by atoms with Crippen LogP contribution in [0.5, 0.6) is 0 Å². The predicted molar refractivity (Wildman–Crippen MR) is 30.2 cm³/mol. The minimum Gasteiger partial charge on any atom is -0.300 e. The molecule has 0 radical (unpaired) electrons. The Labute approximate surface area is 48.2 Å². The van der Waals surface area contributed by atoms with E-state index in [1.165, 1.54) is 13.0 Å². The van der Waals surface area contributed by atoms with Gasteiger partial charge < -0.3 is 0 Å². The summed E-state index contributed by atoms with van der Waals surface area (Å²) in [5.74, 6) is -0.488. The summed E-state index contributed by atoms with van der Waals surface area (Å²) in [6.07, 6.45) is 1.23. The second kappa shape index (κ2) is 3.36. The number of ketones is 1. The van der Waals surface area contributed by atoms with Crippen LogP contribution in [0.2, 0.25) is 0 Å². The zero-order valence-electron chi connectivity index (χ0n) is 5.07. The van der Waals surface area contributed by atoms with Crippen LogP contribution in [0.15, 0.2) is 11.9 Å². The summed E-state index contributed by atoms with van der Waals surface area (Å²) in [6, 6.07) is 0. The predicted octanol–water partition coefficient (Wildman–Crippen LogP) is 1.84. The Hall–Kier alpha value is -0.660. The quantitative estimate of drug-likeness (QED) is 0.538. The van der Waals surface area contributed by atoms with Gasteiger partial charge in [-0.05, 0) is 13.8 Å². The van der Waals surface area contributed by atoms with E-state index < -0.39 is 0 Å². The van der Waals surface area contributed by atoms with Crippen molar-refractivity contribution in [3.05, 3.63) is 11.9 Å². The molecule has 0 aromatic rings. The molecule has 0 fully saturated rings. The molecule has 0 aliphatic carbocycles. The zero-order valence-corrected chi connectivity index (χ0v) is 5.07. The molecule has 0 bridgehead atoms. The maximum Gasteiger partial charge on any atom is 0.136 e. The van der Waals surface area contributed by atoms with Gasteiger partial charge in [0, 0.05) is 0 Å². The molecule has 0 rings (SSSR count). The molecule has 8 heavy (non-hydrogen) atoms. The third-order valence-corrected chi connectivity index (χ3v) is 0.731. The largest absolute Gasteiger partial charge is 0.300 e. The number of carbonyl (C=O) groups excluding carboxylic acids is 1. The first kappa shape index (κ1) is 7.34. The van der Waals surface area contributed by atoms with Crippen LogP contribution in [0.3, 0.4) is 0 Å². The van der Waals surface area contributed by atoms with Gasteiger partial charge in [0.05, 0.1) is 6.42 Å². The SMILES string of the molecule is C/C=C(\F)CC(C)=O. The van der Waals surface area contributed by atoms with E-state index in [1.807, 2.05) is 0 Å². The van der Waals surface area contributed by atoms with Crippen molar-refractivity contribution in [2.45, 2.75) is 20.3 Å². The Balaban J connectivity index is 3.56. The van der Waals surface area contributed by atoms with Crippen LogP contribution in [0, 0.1) is 0 Å². The Bertz CT molecular complexity index is 116. The topological polar surface area (TPSA) is 17.1 Å². The molecule has 1 nitrogen and oxygen atoms in total. The van der Waals surface area contributed by atoms with Gasteiger partial charge in [0.2, 0.25) is 0 Å². The Morgan fingerprint density at radius 2 is 2.25 bits per heavy atom. The van der Waals surface area contributed by atoms with Gasteiger partial charge in [-0.2, -0.15) is 0 Å². The molecule has 0 amide bonds. The average molecular weight is 116 g/mol. The molecule has 0 saturated heterocycles. The molecule has 2 heteroatoms. The number of halogens is 1. The summed E-state index contributed by atoms with van der Waals surface area (Å²) in [5.41, 5.74) is 0. The average Bonchev–Trinajstić information content (AvgIpc) is 1.65. The van der Waals surface area contributed by atoms with Gasteiger partial charge in [-0.25, -0.2) is 4.39 Å². The lowest BCUT2D eigenvalue weighted by atomic mass is 10.3. The van der Waals surface area contributed by atoms with E-state index in [9.17, 15) is 9.18 Å². The van der Waals surface area contributed by atoms with E-state index in [4.69, 9.17) is 0 Å². The lowest BCUT2D eigenvalue weighted by Gasteiger charge is -1.86. The van der Waals surface area contributed by atoms with Crippen molar-refractivity contribution in [1.29, 1.82) is 0 Å². The lowest BCUT2D eigenvalue weighted by Crippen LogP contribution is -1.87. The molecular weight excluding hydrogens is 107 g/mol. The fourth-order valence-electron chi connectivity index (χ4n) is 0.340. The van der Waals surface area contributed by atoms with E-state index in [0.29, 0.717) is 0 Å². The summed E-state index contributed by atoms with van der Waals surface area (Å²) in [6.45, 7) is 2.93. The third-order valence-electron chi connectivity index (χ3n) is 0.731. The number of allylic oxidation sites excluding steroid dienone is 2. The summed E-state index contributed by atoms with van der Waals surface area (Å²) in [4.78, 5) is 10.1. The molecule has 0 N–H and O–H groups in total. The van der Waals surface area contributed by atoms with Gasteiger partial charge in [0.15, 0.2) is 0 Å². The molecule has 0 heterocycles. The fourth-order valence-corrected chi connectivity index (χ4v) is 0.340. The highest BCUT2D eigenvalue weighted by Gasteiger charge is 1.95. The van der Waals surface area contributed by atoms with Gasteiger partial charge in [-0.1, -0.05) is 6.08 Å². The van der Waals surface area contributed by atoms with Crippen molar-refractivity contribution in [3.8, 4) is 0 Å². The molecule has 0 aliphatic heterocycles. The smallest absolute Gasteiger partial charge is 0.136 e. The molecule has 0 aliphatic rings. The number of Topliss-reactive ketones (excluding diaryl/α,β-unsaturated/α-hetero) is 1. The highest BCUT2D eigenvalue weighted by atomic mass is 19.1. The van der Waals surface area contributed by atoms with Crippen LogP contribution < -0.4 is 0 Å². The van der Waals surface area contributed by atoms with E-state index in [-0.39, 0.29) is 18.0 Å². The van der Waals surface area contributed by atoms with Crippen molar-refractivity contribution >= 4 is 5.78 Å². The molecule has 0 aromatic heterocycles. The van der Waals surface area contributed by atoms with Crippen molar-refractivity contribution < 1.29 is 9.18 Å². The van der Waals surface area contributed by atoms with Crippen molar-refractivity contribution in [2.24, 2.45) is 0 Å². The standard InChI is InChI=1S/C6H9FO/c1-3-6(7)4-5(2)8/h3H,4H2,1-2H3/b6-3-. The van der Waals surface area contributed by atoms with Gasteiger partial charge in [-0.3, -0.25) is 4.79 Å². The number of carbonyl (C=O) groups is 1. The number of rotatable bonds is 2. The molecule has 0 saturated carbocycles. The van der Waals surface area contributed by atoms with Crippen LogP contribution in [-0.2, 0) is 4.79 Å². The van der Waals surface area contributed by atoms with E-state index in [2.05, 4.69) is 0 Å². The third kappa shape index (κ3) is 3.53. The molecule has 0 spiro atoms. The fraction of sp³-hybridized carbons (Fsp3) is 0.500. The summed E-state index contributed by atoms with van der Waals surface area (Å²) in [7, 11) is 0. The first-order valence-corrected chi connectivity index (χ1v) is 2.47. The van der Waals surface area contributed by atoms with Crippen LogP contribution in [-0.4, -0.2) is 5.78 Å². The van der Waals surface area contributed by atoms with Crippen LogP contribution in [0.1, 0.15) is 20.3 Å². The Kier molecular flexibility index (Phi) is 3.08. The summed E-state index contributed by atoms with van der Waals surface area (Å²) in [5, 5.41) is 0. The summed E-state index contributed by atoms with van der Waals surface area (Å²) < 4.78 is 12.0. The number of hydrogen-bond donors (Lipinski definition) is 0. The van der Waals surface area contributed by atoms with Crippen LogP contribution in [0.25, 0.3) is 0 Å². The van der Waals surface area contributed by atoms with Crippen molar-refractivity contribution in [2.75, 3.05) is 0 Å². The molecule has 46 valence electrons. The van der Waals surface area contributed by atoms with E-state index >= 15 is 0 Å². The van der Waals surface area contributed by atoms with Crippen molar-refractivity contribution in [1.82, 2.24) is 0 Å². The second-order valence-corrected chi connectivity index (χ2v) is 1.61. The first-order valence-electron chi connectivity index (χ1n) is 2.47. The normalized spacial score (nSPS) is 11.6. The van der Waals surface area contributed by atoms with Gasteiger partial charge in [0.25, 0.3) is 0 Å². The van der Waals surface area contributed by atoms with Crippen molar-refractivity contribution in [3.63, 3.8) is 0 Å². The Morgan fingerprint density at radius 3 is 2.38 bits per heavy atom. The minimum atomic E-state index is -0.350. The highest BCUT2D eigenvalue weighted by molar-refractivity contribution is 5.77.